The van der Waals surface area contributed by atoms with Gasteiger partial charge >= 0.3 is 0 Å². The molecule has 0 bridgehead atoms. The highest BCUT2D eigenvalue weighted by Crippen LogP contribution is 2.24. The standard InChI is InChI=1S/C15H15BrN2O3/c1-10(2)21-14-6-5-11(16)8-13(14)15(19)18-17-9-12-4-3-7-20-12/h3-10H,1-2H3,(H,18,19). The van der Waals surface area contributed by atoms with Gasteiger partial charge in [-0.3, -0.25) is 4.79 Å². The van der Waals surface area contributed by atoms with Gasteiger partial charge < -0.3 is 9.15 Å². The summed E-state index contributed by atoms with van der Waals surface area (Å²) >= 11 is 3.34. The maximum absolute atomic E-state index is 12.2. The van der Waals surface area contributed by atoms with E-state index in [1.165, 1.54) is 12.5 Å². The van der Waals surface area contributed by atoms with Crippen molar-refractivity contribution in [2.45, 2.75) is 20.0 Å². The van der Waals surface area contributed by atoms with Crippen molar-refractivity contribution in [2.75, 3.05) is 0 Å². The Hall–Kier alpha value is -2.08. The highest BCUT2D eigenvalue weighted by Gasteiger charge is 2.13. The number of hydrogen-bond acceptors (Lipinski definition) is 4. The molecule has 5 nitrogen and oxygen atoms in total. The van der Waals surface area contributed by atoms with E-state index in [4.69, 9.17) is 9.15 Å². The number of hydrazone groups is 1. The SMILES string of the molecule is CC(C)Oc1ccc(Br)cc1C(=O)NN=Cc1ccco1. The van der Waals surface area contributed by atoms with Crippen LogP contribution in [0.5, 0.6) is 5.75 Å². The lowest BCUT2D eigenvalue weighted by molar-refractivity contribution is 0.0949. The molecule has 21 heavy (non-hydrogen) atoms. The summed E-state index contributed by atoms with van der Waals surface area (Å²) < 4.78 is 11.5. The molecule has 0 aliphatic rings. The molecule has 0 unspecified atom stereocenters. The van der Waals surface area contributed by atoms with Crippen LogP contribution < -0.4 is 10.2 Å². The maximum atomic E-state index is 12.2. The predicted octanol–water partition coefficient (Wildman–Crippen LogP) is 3.59. The predicted molar refractivity (Wildman–Crippen MR) is 83.7 cm³/mol. The molecule has 0 saturated carbocycles. The molecular formula is C15H15BrN2O3. The van der Waals surface area contributed by atoms with E-state index in [0.29, 0.717) is 17.1 Å². The maximum Gasteiger partial charge on any atom is 0.275 e. The average Bonchev–Trinajstić information content (AvgIpc) is 2.93. The Bertz CT molecular complexity index is 636. The Balaban J connectivity index is 2.12. The third-order valence-electron chi connectivity index (χ3n) is 2.45. The van der Waals surface area contributed by atoms with Gasteiger partial charge in [-0.2, -0.15) is 5.10 Å². The quantitative estimate of drug-likeness (QED) is 0.661. The van der Waals surface area contributed by atoms with Crippen molar-refractivity contribution in [3.05, 3.63) is 52.4 Å². The number of halogens is 1. The minimum absolute atomic E-state index is 0.0238. The molecule has 0 saturated heterocycles. The molecule has 0 spiro atoms. The highest BCUT2D eigenvalue weighted by atomic mass is 79.9. The van der Waals surface area contributed by atoms with Gasteiger partial charge in [0, 0.05) is 4.47 Å². The van der Waals surface area contributed by atoms with Crippen LogP contribution >= 0.6 is 15.9 Å². The third-order valence-corrected chi connectivity index (χ3v) is 2.94. The lowest BCUT2D eigenvalue weighted by atomic mass is 10.2. The summed E-state index contributed by atoms with van der Waals surface area (Å²) in [4.78, 5) is 12.2. The Morgan fingerprint density at radius 2 is 2.24 bits per heavy atom. The van der Waals surface area contributed by atoms with Gasteiger partial charge in [-0.1, -0.05) is 15.9 Å². The zero-order chi connectivity index (χ0) is 15.2. The van der Waals surface area contributed by atoms with E-state index in [1.807, 2.05) is 19.9 Å². The number of carbonyl (C=O) groups is 1. The summed E-state index contributed by atoms with van der Waals surface area (Å²) in [5.41, 5.74) is 2.86. The second-order valence-corrected chi connectivity index (χ2v) is 5.44. The van der Waals surface area contributed by atoms with Crippen LogP contribution in [-0.2, 0) is 0 Å². The van der Waals surface area contributed by atoms with Gasteiger partial charge in [0.05, 0.1) is 24.1 Å². The van der Waals surface area contributed by atoms with Crippen molar-refractivity contribution < 1.29 is 13.9 Å². The first-order chi connectivity index (χ1) is 10.1. The number of nitrogens with zero attached hydrogens (tertiary/aromatic N) is 1. The van der Waals surface area contributed by atoms with Crippen LogP contribution in [0.25, 0.3) is 0 Å². The minimum Gasteiger partial charge on any atom is -0.490 e. The van der Waals surface area contributed by atoms with E-state index in [9.17, 15) is 4.79 Å². The molecule has 1 aromatic carbocycles. The number of rotatable bonds is 5. The van der Waals surface area contributed by atoms with Crippen molar-refractivity contribution in [1.82, 2.24) is 5.43 Å². The molecule has 6 heteroatoms. The number of amides is 1. The normalized spacial score (nSPS) is 11.0. The zero-order valence-electron chi connectivity index (χ0n) is 11.7. The fraction of sp³-hybridized carbons (Fsp3) is 0.200. The topological polar surface area (TPSA) is 63.8 Å². The first kappa shape index (κ1) is 15.3. The zero-order valence-corrected chi connectivity index (χ0v) is 13.3. The van der Waals surface area contributed by atoms with Crippen molar-refractivity contribution in [3.63, 3.8) is 0 Å². The summed E-state index contributed by atoms with van der Waals surface area (Å²) in [6.45, 7) is 3.80. The minimum atomic E-state index is -0.352. The van der Waals surface area contributed by atoms with Crippen LogP contribution in [0.3, 0.4) is 0 Å². The van der Waals surface area contributed by atoms with Crippen LogP contribution in [0.4, 0.5) is 0 Å². The smallest absolute Gasteiger partial charge is 0.275 e. The third kappa shape index (κ3) is 4.46. The largest absolute Gasteiger partial charge is 0.490 e. The van der Waals surface area contributed by atoms with Crippen LogP contribution in [0, 0.1) is 0 Å². The number of hydrogen-bond donors (Lipinski definition) is 1. The second kappa shape index (κ2) is 7.08. The summed E-state index contributed by atoms with van der Waals surface area (Å²) in [7, 11) is 0. The van der Waals surface area contributed by atoms with Crippen LogP contribution in [0.15, 0.2) is 50.6 Å². The Morgan fingerprint density at radius 1 is 1.43 bits per heavy atom. The van der Waals surface area contributed by atoms with E-state index in [1.54, 1.807) is 24.3 Å². The Labute approximate surface area is 131 Å². The van der Waals surface area contributed by atoms with Gasteiger partial charge in [-0.05, 0) is 44.2 Å². The lowest BCUT2D eigenvalue weighted by Gasteiger charge is -2.13. The Morgan fingerprint density at radius 3 is 2.90 bits per heavy atom. The fourth-order valence-corrected chi connectivity index (χ4v) is 1.98. The van der Waals surface area contributed by atoms with Gasteiger partial charge in [-0.15, -0.1) is 0 Å². The fourth-order valence-electron chi connectivity index (χ4n) is 1.62. The molecule has 0 aliphatic carbocycles. The molecule has 2 rings (SSSR count). The molecule has 2 aromatic rings. The number of benzene rings is 1. The van der Waals surface area contributed by atoms with Crippen LogP contribution in [0.2, 0.25) is 0 Å². The molecule has 0 atom stereocenters. The Kier molecular flexibility index (Phi) is 5.16. The van der Waals surface area contributed by atoms with E-state index < -0.39 is 0 Å². The average molecular weight is 351 g/mol. The number of carbonyl (C=O) groups excluding carboxylic acids is 1. The molecule has 110 valence electrons. The van der Waals surface area contributed by atoms with Crippen LogP contribution in [0.1, 0.15) is 30.0 Å². The van der Waals surface area contributed by atoms with Crippen molar-refractivity contribution >= 4 is 28.1 Å². The first-order valence-corrected chi connectivity index (χ1v) is 7.18. The molecule has 0 aliphatic heterocycles. The van der Waals surface area contributed by atoms with Gasteiger partial charge in [0.15, 0.2) is 0 Å². The summed E-state index contributed by atoms with van der Waals surface area (Å²) in [5.74, 6) is 0.719. The molecule has 1 heterocycles. The summed E-state index contributed by atoms with van der Waals surface area (Å²) in [6.07, 6.45) is 2.94. The molecule has 0 fully saturated rings. The molecular weight excluding hydrogens is 336 g/mol. The van der Waals surface area contributed by atoms with E-state index in [-0.39, 0.29) is 12.0 Å². The second-order valence-electron chi connectivity index (χ2n) is 4.52. The van der Waals surface area contributed by atoms with Gasteiger partial charge in [0.1, 0.15) is 11.5 Å². The number of furan rings is 1. The first-order valence-electron chi connectivity index (χ1n) is 6.39. The monoisotopic (exact) mass is 350 g/mol. The van der Waals surface area contributed by atoms with Crippen LogP contribution in [-0.4, -0.2) is 18.2 Å². The van der Waals surface area contributed by atoms with E-state index in [2.05, 4.69) is 26.5 Å². The van der Waals surface area contributed by atoms with Gasteiger partial charge in [0.25, 0.3) is 5.91 Å². The molecule has 1 aromatic heterocycles. The summed E-state index contributed by atoms with van der Waals surface area (Å²) in [5, 5.41) is 3.85. The van der Waals surface area contributed by atoms with Gasteiger partial charge in [-0.25, -0.2) is 5.43 Å². The van der Waals surface area contributed by atoms with Gasteiger partial charge in [0.2, 0.25) is 0 Å². The highest BCUT2D eigenvalue weighted by molar-refractivity contribution is 9.10. The van der Waals surface area contributed by atoms with E-state index >= 15 is 0 Å². The lowest BCUT2D eigenvalue weighted by Crippen LogP contribution is -2.20. The number of nitrogens with one attached hydrogen (secondary N) is 1. The van der Waals surface area contributed by atoms with Crippen molar-refractivity contribution in [2.24, 2.45) is 5.10 Å². The summed E-state index contributed by atoms with van der Waals surface area (Å²) in [6, 6.07) is 8.74. The molecule has 1 amide bonds. The van der Waals surface area contributed by atoms with Crippen molar-refractivity contribution in [1.29, 1.82) is 0 Å². The molecule has 1 N–H and O–H groups in total. The molecule has 0 radical (unpaired) electrons. The van der Waals surface area contributed by atoms with E-state index in [0.717, 1.165) is 4.47 Å². The van der Waals surface area contributed by atoms with Crippen molar-refractivity contribution in [3.8, 4) is 5.75 Å². The number of ether oxygens (including phenoxy) is 1.